The quantitative estimate of drug-likeness (QED) is 0.421. The molecule has 1 N–H and O–H groups in total. The summed E-state index contributed by atoms with van der Waals surface area (Å²) in [5.41, 5.74) is 2.93. The van der Waals surface area contributed by atoms with Crippen LogP contribution in [0.4, 0.5) is 5.69 Å². The second-order valence-electron chi connectivity index (χ2n) is 6.15. The molecule has 0 fully saturated rings. The summed E-state index contributed by atoms with van der Waals surface area (Å²) in [6.07, 6.45) is 1.44. The van der Waals surface area contributed by atoms with E-state index in [9.17, 15) is 4.79 Å². The van der Waals surface area contributed by atoms with E-state index in [1.165, 1.54) is 30.6 Å². The molecule has 6 nitrogen and oxygen atoms in total. The van der Waals surface area contributed by atoms with Gasteiger partial charge in [0.05, 0.1) is 31.1 Å². The molecule has 3 aromatic rings. The Morgan fingerprint density at radius 2 is 2.00 bits per heavy atom. The first-order chi connectivity index (χ1) is 14.0. The van der Waals surface area contributed by atoms with Crippen molar-refractivity contribution in [2.75, 3.05) is 19.5 Å². The third-order valence-electron chi connectivity index (χ3n) is 4.04. The minimum absolute atomic E-state index is 0.103. The summed E-state index contributed by atoms with van der Waals surface area (Å²) in [5, 5.41) is 3.43. The molecule has 0 bridgehead atoms. The number of carbonyl (C=O) groups is 1. The minimum Gasteiger partial charge on any atom is -0.497 e. The molecule has 0 aliphatic carbocycles. The first kappa shape index (κ1) is 21.0. The smallest absolute Gasteiger partial charge is 0.276 e. The van der Waals surface area contributed by atoms with Gasteiger partial charge in [0.2, 0.25) is 0 Å². The van der Waals surface area contributed by atoms with Crippen LogP contribution in [0.25, 0.3) is 0 Å². The van der Waals surface area contributed by atoms with Crippen molar-refractivity contribution in [3.05, 3.63) is 70.5 Å². The van der Waals surface area contributed by atoms with E-state index < -0.39 is 5.91 Å². The van der Waals surface area contributed by atoms with Gasteiger partial charge in [0.1, 0.15) is 11.5 Å². The maximum atomic E-state index is 12.7. The lowest BCUT2D eigenvalue weighted by atomic mass is 10.2. The lowest BCUT2D eigenvalue weighted by Gasteiger charge is -2.12. The van der Waals surface area contributed by atoms with Crippen LogP contribution in [-0.4, -0.2) is 30.1 Å². The largest absolute Gasteiger partial charge is 0.497 e. The molecule has 0 aliphatic rings. The maximum absolute atomic E-state index is 12.7. The number of nitrogens with one attached hydrogen (secondary N) is 1. The fraction of sp³-hybridized carbons (Fsp3) is 0.190. The van der Waals surface area contributed by atoms with Crippen molar-refractivity contribution in [2.24, 2.45) is 0 Å². The molecule has 150 valence electrons. The number of amides is 1. The molecule has 1 aromatic heterocycles. The highest BCUT2D eigenvalue weighted by atomic mass is 35.5. The Labute approximate surface area is 178 Å². The molecule has 0 unspecified atom stereocenters. The topological polar surface area (TPSA) is 73.3 Å². The summed E-state index contributed by atoms with van der Waals surface area (Å²) < 4.78 is 10.5. The Bertz CT molecular complexity index is 1030. The van der Waals surface area contributed by atoms with Crippen LogP contribution in [0, 0.1) is 6.92 Å². The monoisotopic (exact) mass is 429 g/mol. The van der Waals surface area contributed by atoms with Gasteiger partial charge in [-0.2, -0.15) is 0 Å². The number of aromatic nitrogens is 2. The van der Waals surface area contributed by atoms with Crippen LogP contribution in [-0.2, 0) is 5.75 Å². The van der Waals surface area contributed by atoms with Gasteiger partial charge < -0.3 is 14.8 Å². The first-order valence-electron chi connectivity index (χ1n) is 8.74. The summed E-state index contributed by atoms with van der Waals surface area (Å²) in [7, 11) is 3.08. The lowest BCUT2D eigenvalue weighted by molar-refractivity contribution is 0.102. The molecule has 0 spiro atoms. The number of thioether (sulfide) groups is 1. The molecular weight excluding hydrogens is 410 g/mol. The average molecular weight is 430 g/mol. The zero-order chi connectivity index (χ0) is 20.8. The van der Waals surface area contributed by atoms with Crippen LogP contribution in [0.3, 0.4) is 0 Å². The third kappa shape index (κ3) is 5.40. The van der Waals surface area contributed by atoms with Crippen molar-refractivity contribution in [3.63, 3.8) is 0 Å². The molecule has 0 saturated heterocycles. The highest BCUT2D eigenvalue weighted by Gasteiger charge is 2.17. The fourth-order valence-electron chi connectivity index (χ4n) is 2.61. The van der Waals surface area contributed by atoms with Gasteiger partial charge in [-0.25, -0.2) is 9.97 Å². The second-order valence-corrected chi connectivity index (χ2v) is 7.50. The molecule has 0 radical (unpaired) electrons. The molecule has 2 aromatic carbocycles. The van der Waals surface area contributed by atoms with Crippen LogP contribution in [0.2, 0.25) is 5.02 Å². The zero-order valence-electron chi connectivity index (χ0n) is 16.2. The number of hydrogen-bond donors (Lipinski definition) is 1. The van der Waals surface area contributed by atoms with Gasteiger partial charge >= 0.3 is 0 Å². The predicted octanol–water partition coefficient (Wildman–Crippen LogP) is 5.00. The predicted molar refractivity (Wildman–Crippen MR) is 115 cm³/mol. The summed E-state index contributed by atoms with van der Waals surface area (Å²) in [4.78, 5) is 21.3. The molecule has 8 heteroatoms. The number of halogens is 1. The second kappa shape index (κ2) is 9.62. The van der Waals surface area contributed by atoms with Crippen molar-refractivity contribution in [2.45, 2.75) is 17.8 Å². The highest BCUT2D eigenvalue weighted by molar-refractivity contribution is 7.98. The molecule has 1 heterocycles. The Kier molecular flexibility index (Phi) is 6.95. The number of aryl methyl sites for hydroxylation is 1. The summed E-state index contributed by atoms with van der Waals surface area (Å²) in [6.45, 7) is 2.04. The van der Waals surface area contributed by atoms with Gasteiger partial charge in [-0.1, -0.05) is 53.2 Å². The number of nitrogens with zero attached hydrogens (tertiary/aromatic N) is 2. The SMILES string of the molecule is COc1ccc(NC(=O)c2nc(SCc3cccc(C)c3)ncc2Cl)c(OC)c1. The van der Waals surface area contributed by atoms with Crippen molar-refractivity contribution in [3.8, 4) is 11.5 Å². The molecule has 0 aliphatic heterocycles. The molecule has 1 amide bonds. The summed E-state index contributed by atoms with van der Waals surface area (Å²) >= 11 is 7.61. The van der Waals surface area contributed by atoms with Gasteiger partial charge in [-0.05, 0) is 24.6 Å². The number of rotatable bonds is 7. The Balaban J connectivity index is 1.76. The maximum Gasteiger partial charge on any atom is 0.276 e. The van der Waals surface area contributed by atoms with Crippen molar-refractivity contribution < 1.29 is 14.3 Å². The number of carbonyl (C=O) groups excluding carboxylic acids is 1. The summed E-state index contributed by atoms with van der Waals surface area (Å²) in [5.74, 6) is 1.33. The molecule has 0 atom stereocenters. The number of ether oxygens (including phenoxy) is 2. The lowest BCUT2D eigenvalue weighted by Crippen LogP contribution is -2.15. The number of methoxy groups -OCH3 is 2. The van der Waals surface area contributed by atoms with E-state index in [4.69, 9.17) is 21.1 Å². The highest BCUT2D eigenvalue weighted by Crippen LogP contribution is 2.30. The number of hydrogen-bond acceptors (Lipinski definition) is 6. The van der Waals surface area contributed by atoms with Crippen LogP contribution in [0.5, 0.6) is 11.5 Å². The van der Waals surface area contributed by atoms with Crippen LogP contribution in [0.1, 0.15) is 21.6 Å². The van der Waals surface area contributed by atoms with Crippen molar-refractivity contribution in [1.29, 1.82) is 0 Å². The first-order valence-corrected chi connectivity index (χ1v) is 10.1. The van der Waals surface area contributed by atoms with E-state index in [2.05, 4.69) is 21.4 Å². The number of anilines is 1. The molecule has 29 heavy (non-hydrogen) atoms. The fourth-order valence-corrected chi connectivity index (χ4v) is 3.55. The van der Waals surface area contributed by atoms with Crippen molar-refractivity contribution >= 4 is 35.0 Å². The Hall–Kier alpha value is -2.77. The van der Waals surface area contributed by atoms with Crippen LogP contribution in [0.15, 0.2) is 53.8 Å². The van der Waals surface area contributed by atoms with Crippen LogP contribution < -0.4 is 14.8 Å². The van der Waals surface area contributed by atoms with E-state index in [0.29, 0.717) is 28.1 Å². The molecule has 0 saturated carbocycles. The van der Waals surface area contributed by atoms with E-state index in [1.54, 1.807) is 25.3 Å². The third-order valence-corrected chi connectivity index (χ3v) is 5.25. The van der Waals surface area contributed by atoms with E-state index in [-0.39, 0.29) is 10.7 Å². The van der Waals surface area contributed by atoms with Crippen LogP contribution >= 0.6 is 23.4 Å². The average Bonchev–Trinajstić information content (AvgIpc) is 2.73. The van der Waals surface area contributed by atoms with Gasteiger partial charge in [-0.3, -0.25) is 4.79 Å². The molecule has 3 rings (SSSR count). The number of benzene rings is 2. The minimum atomic E-state index is -0.446. The van der Waals surface area contributed by atoms with Gasteiger partial charge in [-0.15, -0.1) is 0 Å². The Morgan fingerprint density at radius 1 is 1.17 bits per heavy atom. The van der Waals surface area contributed by atoms with E-state index in [1.807, 2.05) is 25.1 Å². The van der Waals surface area contributed by atoms with E-state index in [0.717, 1.165) is 5.56 Å². The zero-order valence-corrected chi connectivity index (χ0v) is 17.8. The van der Waals surface area contributed by atoms with Crippen molar-refractivity contribution in [1.82, 2.24) is 9.97 Å². The van der Waals surface area contributed by atoms with Gasteiger partial charge in [0.25, 0.3) is 5.91 Å². The standard InChI is InChI=1S/C21H20ClN3O3S/c1-13-5-4-6-14(9-13)12-29-21-23-11-16(22)19(25-21)20(26)24-17-8-7-15(27-2)10-18(17)28-3/h4-11H,12H2,1-3H3,(H,24,26). The Morgan fingerprint density at radius 3 is 2.72 bits per heavy atom. The molecular formula is C21H20ClN3O3S. The van der Waals surface area contributed by atoms with Gasteiger partial charge in [0, 0.05) is 11.8 Å². The van der Waals surface area contributed by atoms with Gasteiger partial charge in [0.15, 0.2) is 10.9 Å². The normalized spacial score (nSPS) is 10.5. The summed E-state index contributed by atoms with van der Waals surface area (Å²) in [6, 6.07) is 13.3. The van der Waals surface area contributed by atoms with E-state index >= 15 is 0 Å².